The molecule has 1 saturated heterocycles. The van der Waals surface area contributed by atoms with Gasteiger partial charge in [0, 0.05) is 18.9 Å². The van der Waals surface area contributed by atoms with Crippen LogP contribution in [0.4, 0.5) is 0 Å². The average molecular weight is 342 g/mol. The van der Waals surface area contributed by atoms with Crippen molar-refractivity contribution in [1.29, 1.82) is 0 Å². The van der Waals surface area contributed by atoms with Crippen molar-refractivity contribution < 1.29 is 9.32 Å². The molecule has 2 aromatic rings. The summed E-state index contributed by atoms with van der Waals surface area (Å²) in [4.78, 5) is 19.4. The lowest BCUT2D eigenvalue weighted by Gasteiger charge is -2.34. The van der Waals surface area contributed by atoms with Gasteiger partial charge in [-0.25, -0.2) is 0 Å². The maximum Gasteiger partial charge on any atom is 0.256 e. The van der Waals surface area contributed by atoms with Crippen LogP contribution in [0.25, 0.3) is 0 Å². The first-order valence-electron chi connectivity index (χ1n) is 9.08. The number of likely N-dealkylation sites (tertiary alicyclic amines) is 1. The number of hydrogen-bond donors (Lipinski definition) is 1. The fourth-order valence-electron chi connectivity index (χ4n) is 3.49. The summed E-state index contributed by atoms with van der Waals surface area (Å²) in [5.74, 6) is 0.465. The minimum atomic E-state index is -0.110. The second kappa shape index (κ2) is 8.25. The lowest BCUT2D eigenvalue weighted by molar-refractivity contribution is 0.0922. The van der Waals surface area contributed by atoms with Gasteiger partial charge >= 0.3 is 0 Å². The lowest BCUT2D eigenvalue weighted by Crippen LogP contribution is -2.40. The molecule has 1 aliphatic rings. The highest BCUT2D eigenvalue weighted by molar-refractivity contribution is 5.96. The fourth-order valence-corrected chi connectivity index (χ4v) is 3.49. The Labute approximate surface area is 148 Å². The molecule has 3 rings (SSSR count). The van der Waals surface area contributed by atoms with Crippen LogP contribution >= 0.6 is 0 Å². The first-order chi connectivity index (χ1) is 12.2. The molecule has 1 atom stereocenters. The maximum atomic E-state index is 12.7. The van der Waals surface area contributed by atoms with Crippen LogP contribution < -0.4 is 5.32 Å². The Bertz CT molecular complexity index is 693. The number of aromatic nitrogens is 2. The fraction of sp³-hybridized carbons (Fsp3) is 0.526. The zero-order chi connectivity index (χ0) is 17.6. The first-order valence-corrected chi connectivity index (χ1v) is 9.08. The second-order valence-corrected chi connectivity index (χ2v) is 6.52. The van der Waals surface area contributed by atoms with Gasteiger partial charge in [0.05, 0.1) is 11.7 Å². The average Bonchev–Trinajstić information content (AvgIpc) is 3.04. The number of nitrogens with one attached hydrogen (secondary N) is 1. The highest BCUT2D eigenvalue weighted by Gasteiger charge is 2.25. The van der Waals surface area contributed by atoms with Gasteiger partial charge in [0.25, 0.3) is 5.91 Å². The number of amides is 1. The van der Waals surface area contributed by atoms with Gasteiger partial charge in [-0.15, -0.1) is 0 Å². The Kier molecular flexibility index (Phi) is 5.81. The summed E-state index contributed by atoms with van der Waals surface area (Å²) in [6.45, 7) is 6.42. The number of pyridine rings is 1. The minimum absolute atomic E-state index is 0.110. The number of nitrogens with zero attached hydrogens (tertiary/aromatic N) is 3. The summed E-state index contributed by atoms with van der Waals surface area (Å²) in [7, 11) is 0. The molecule has 1 fully saturated rings. The van der Waals surface area contributed by atoms with Crippen LogP contribution in [0.15, 0.2) is 29.0 Å². The highest BCUT2D eigenvalue weighted by Crippen LogP contribution is 2.24. The van der Waals surface area contributed by atoms with Crippen molar-refractivity contribution in [3.05, 3.63) is 47.1 Å². The predicted molar refractivity (Wildman–Crippen MR) is 95.4 cm³/mol. The smallest absolute Gasteiger partial charge is 0.256 e. The van der Waals surface area contributed by atoms with Crippen molar-refractivity contribution in [3.63, 3.8) is 0 Å². The minimum Gasteiger partial charge on any atom is -0.361 e. The number of rotatable bonds is 6. The number of hydrogen-bond acceptors (Lipinski definition) is 5. The van der Waals surface area contributed by atoms with Crippen molar-refractivity contribution in [3.8, 4) is 0 Å². The summed E-state index contributed by atoms with van der Waals surface area (Å²) >= 11 is 0. The SMILES string of the molecule is CCc1noc(C)c1C(=O)NC[C@@H](c1cccnc1)N1CCCCC1. The van der Waals surface area contributed by atoms with Gasteiger partial charge in [-0.1, -0.05) is 24.6 Å². The van der Waals surface area contributed by atoms with Crippen LogP contribution in [0, 0.1) is 6.92 Å². The molecule has 0 radical (unpaired) electrons. The molecule has 0 aliphatic carbocycles. The molecule has 1 aliphatic heterocycles. The zero-order valence-corrected chi connectivity index (χ0v) is 15.0. The van der Waals surface area contributed by atoms with E-state index in [9.17, 15) is 4.79 Å². The van der Waals surface area contributed by atoms with Gasteiger partial charge in [0.1, 0.15) is 11.3 Å². The van der Waals surface area contributed by atoms with Gasteiger partial charge in [-0.3, -0.25) is 14.7 Å². The van der Waals surface area contributed by atoms with Crippen LogP contribution in [0.2, 0.25) is 0 Å². The predicted octanol–water partition coefficient (Wildman–Crippen LogP) is 2.90. The van der Waals surface area contributed by atoms with E-state index < -0.39 is 0 Å². The van der Waals surface area contributed by atoms with Crippen molar-refractivity contribution in [2.45, 2.75) is 45.6 Å². The normalized spacial score (nSPS) is 16.6. The van der Waals surface area contributed by atoms with Crippen molar-refractivity contribution in [1.82, 2.24) is 20.4 Å². The Morgan fingerprint density at radius 3 is 2.84 bits per heavy atom. The largest absolute Gasteiger partial charge is 0.361 e. The number of carbonyl (C=O) groups excluding carboxylic acids is 1. The number of carbonyl (C=O) groups is 1. The van der Waals surface area contributed by atoms with Gasteiger partial charge in [-0.2, -0.15) is 0 Å². The summed E-state index contributed by atoms with van der Waals surface area (Å²) in [5, 5.41) is 7.06. The summed E-state index contributed by atoms with van der Waals surface area (Å²) in [5.41, 5.74) is 2.43. The molecular weight excluding hydrogens is 316 g/mol. The van der Waals surface area contributed by atoms with Crippen molar-refractivity contribution in [2.24, 2.45) is 0 Å². The van der Waals surface area contributed by atoms with E-state index in [0.29, 0.717) is 30.0 Å². The van der Waals surface area contributed by atoms with E-state index in [1.807, 2.05) is 19.2 Å². The van der Waals surface area contributed by atoms with Crippen molar-refractivity contribution >= 4 is 5.91 Å². The van der Waals surface area contributed by atoms with E-state index in [1.54, 1.807) is 13.1 Å². The quantitative estimate of drug-likeness (QED) is 0.874. The summed E-state index contributed by atoms with van der Waals surface area (Å²) < 4.78 is 5.18. The standard InChI is InChI=1S/C19H26N4O2/c1-3-16-18(14(2)25-22-16)19(24)21-13-17(15-8-7-9-20-12-15)23-10-5-4-6-11-23/h7-9,12,17H,3-6,10-11,13H2,1-2H3,(H,21,24)/t17-/m0/s1. The van der Waals surface area contributed by atoms with Crippen LogP contribution in [-0.2, 0) is 6.42 Å². The molecule has 6 heteroatoms. The van der Waals surface area contributed by atoms with Gasteiger partial charge < -0.3 is 9.84 Å². The third kappa shape index (κ3) is 4.07. The number of piperidine rings is 1. The van der Waals surface area contributed by atoms with Crippen LogP contribution in [0.5, 0.6) is 0 Å². The third-order valence-corrected chi connectivity index (χ3v) is 4.85. The molecule has 0 aromatic carbocycles. The van der Waals surface area contributed by atoms with Crippen LogP contribution in [0.3, 0.4) is 0 Å². The van der Waals surface area contributed by atoms with Gasteiger partial charge in [-0.05, 0) is 50.9 Å². The van der Waals surface area contributed by atoms with Gasteiger partial charge in [0.15, 0.2) is 0 Å². The Morgan fingerprint density at radius 2 is 2.16 bits per heavy atom. The van der Waals surface area contributed by atoms with Gasteiger partial charge in [0.2, 0.25) is 0 Å². The maximum absolute atomic E-state index is 12.7. The molecule has 6 nitrogen and oxygen atoms in total. The topological polar surface area (TPSA) is 71.3 Å². The molecule has 0 saturated carbocycles. The van der Waals surface area contributed by atoms with E-state index in [2.05, 4.69) is 26.4 Å². The molecule has 0 bridgehead atoms. The molecule has 2 aromatic heterocycles. The Hall–Kier alpha value is -2.21. The Morgan fingerprint density at radius 1 is 1.36 bits per heavy atom. The van der Waals surface area contributed by atoms with E-state index in [4.69, 9.17) is 4.52 Å². The van der Waals surface area contributed by atoms with E-state index in [-0.39, 0.29) is 11.9 Å². The van der Waals surface area contributed by atoms with E-state index in [0.717, 1.165) is 18.7 Å². The molecule has 1 amide bonds. The van der Waals surface area contributed by atoms with Crippen molar-refractivity contribution in [2.75, 3.05) is 19.6 Å². The van der Waals surface area contributed by atoms with E-state index in [1.165, 1.54) is 19.3 Å². The Balaban J connectivity index is 1.74. The molecule has 0 spiro atoms. The molecule has 3 heterocycles. The highest BCUT2D eigenvalue weighted by atomic mass is 16.5. The summed E-state index contributed by atoms with van der Waals surface area (Å²) in [6.07, 6.45) is 8.04. The van der Waals surface area contributed by atoms with Crippen LogP contribution in [-0.4, -0.2) is 40.6 Å². The monoisotopic (exact) mass is 342 g/mol. The first kappa shape index (κ1) is 17.6. The molecule has 1 N–H and O–H groups in total. The molecule has 25 heavy (non-hydrogen) atoms. The zero-order valence-electron chi connectivity index (χ0n) is 15.0. The lowest BCUT2D eigenvalue weighted by atomic mass is 10.0. The second-order valence-electron chi connectivity index (χ2n) is 6.52. The number of aryl methyl sites for hydroxylation is 2. The summed E-state index contributed by atoms with van der Waals surface area (Å²) in [6, 6.07) is 4.18. The van der Waals surface area contributed by atoms with Crippen LogP contribution in [0.1, 0.15) is 59.6 Å². The van der Waals surface area contributed by atoms with E-state index >= 15 is 0 Å². The molecule has 134 valence electrons. The molecule has 0 unspecified atom stereocenters. The molecular formula is C19H26N4O2. The third-order valence-electron chi connectivity index (χ3n) is 4.85.